The molecule has 0 fully saturated rings. The zero-order valence-electron chi connectivity index (χ0n) is 13.0. The first-order chi connectivity index (χ1) is 11.6. The van der Waals surface area contributed by atoms with E-state index in [0.717, 1.165) is 0 Å². The van der Waals surface area contributed by atoms with E-state index in [1.165, 1.54) is 31.5 Å². The molecule has 1 unspecified atom stereocenters. The molecule has 1 aromatic carbocycles. The molecule has 0 spiro atoms. The molecule has 1 aliphatic rings. The second-order valence-electron chi connectivity index (χ2n) is 5.13. The fourth-order valence-electron chi connectivity index (χ4n) is 2.14. The number of benzene rings is 1. The highest BCUT2D eigenvalue weighted by molar-refractivity contribution is 5.97. The van der Waals surface area contributed by atoms with Crippen molar-refractivity contribution in [3.63, 3.8) is 0 Å². The third-order valence-corrected chi connectivity index (χ3v) is 3.38. The van der Waals surface area contributed by atoms with Crippen LogP contribution in [-0.2, 0) is 9.53 Å². The molecule has 2 heterocycles. The lowest BCUT2D eigenvalue weighted by Crippen LogP contribution is -2.30. The molecule has 1 amide bonds. The molecule has 0 saturated carbocycles. The fourth-order valence-corrected chi connectivity index (χ4v) is 2.14. The smallest absolute Gasteiger partial charge is 0.339 e. The van der Waals surface area contributed by atoms with Crippen molar-refractivity contribution >= 4 is 17.6 Å². The summed E-state index contributed by atoms with van der Waals surface area (Å²) in [5, 5.41) is 2.68. The summed E-state index contributed by atoms with van der Waals surface area (Å²) >= 11 is 0. The van der Waals surface area contributed by atoms with Crippen LogP contribution >= 0.6 is 0 Å². The summed E-state index contributed by atoms with van der Waals surface area (Å²) in [4.78, 5) is 27.9. The van der Waals surface area contributed by atoms with Crippen molar-refractivity contribution < 1.29 is 23.8 Å². The molecule has 0 bridgehead atoms. The summed E-state index contributed by atoms with van der Waals surface area (Å²) < 4.78 is 16.0. The number of amides is 1. The van der Waals surface area contributed by atoms with E-state index in [2.05, 4.69) is 10.3 Å². The number of aromatic nitrogens is 1. The van der Waals surface area contributed by atoms with E-state index in [4.69, 9.17) is 14.2 Å². The van der Waals surface area contributed by atoms with Gasteiger partial charge in [-0.25, -0.2) is 4.79 Å². The van der Waals surface area contributed by atoms with Gasteiger partial charge in [0.2, 0.25) is 0 Å². The molecule has 0 radical (unpaired) electrons. The van der Waals surface area contributed by atoms with Crippen LogP contribution in [0.3, 0.4) is 0 Å². The minimum atomic E-state index is -0.945. The van der Waals surface area contributed by atoms with Gasteiger partial charge in [-0.2, -0.15) is 0 Å². The van der Waals surface area contributed by atoms with Crippen LogP contribution in [0.2, 0.25) is 0 Å². The van der Waals surface area contributed by atoms with Gasteiger partial charge < -0.3 is 19.5 Å². The minimum absolute atomic E-state index is 0.337. The molecule has 124 valence electrons. The zero-order valence-corrected chi connectivity index (χ0v) is 13.0. The Morgan fingerprint density at radius 3 is 2.58 bits per heavy atom. The molecule has 1 atom stereocenters. The first-order valence-electron chi connectivity index (χ1n) is 7.45. The zero-order chi connectivity index (χ0) is 16.9. The van der Waals surface area contributed by atoms with Crippen molar-refractivity contribution in [1.29, 1.82) is 0 Å². The average Bonchev–Trinajstić information content (AvgIpc) is 2.62. The highest BCUT2D eigenvalue weighted by atomic mass is 16.6. The molecule has 7 heteroatoms. The first kappa shape index (κ1) is 15.8. The van der Waals surface area contributed by atoms with E-state index in [9.17, 15) is 9.59 Å². The van der Waals surface area contributed by atoms with E-state index in [1.54, 1.807) is 18.2 Å². The number of carbonyl (C=O) groups excluding carboxylic acids is 2. The van der Waals surface area contributed by atoms with Gasteiger partial charge in [0.05, 0.1) is 5.56 Å². The van der Waals surface area contributed by atoms with Crippen LogP contribution in [0, 0.1) is 0 Å². The number of hydrogen-bond donors (Lipinski definition) is 1. The number of fused-ring (bicyclic) bond motifs is 1. The number of nitrogens with one attached hydrogen (secondary N) is 1. The molecule has 7 nitrogen and oxygen atoms in total. The van der Waals surface area contributed by atoms with Crippen molar-refractivity contribution in [3.8, 4) is 11.5 Å². The van der Waals surface area contributed by atoms with Gasteiger partial charge in [-0.05, 0) is 31.2 Å². The highest BCUT2D eigenvalue weighted by Crippen LogP contribution is 2.32. The van der Waals surface area contributed by atoms with Gasteiger partial charge in [0.25, 0.3) is 5.91 Å². The van der Waals surface area contributed by atoms with Crippen LogP contribution in [0.1, 0.15) is 17.3 Å². The van der Waals surface area contributed by atoms with E-state index in [1.807, 2.05) is 0 Å². The van der Waals surface area contributed by atoms with Crippen molar-refractivity contribution in [2.24, 2.45) is 0 Å². The molecule has 1 N–H and O–H groups in total. The van der Waals surface area contributed by atoms with Gasteiger partial charge in [-0.3, -0.25) is 9.78 Å². The maximum atomic E-state index is 12.2. The number of ether oxygens (including phenoxy) is 3. The SMILES string of the molecule is CC(OC(=O)c1ccncc1)C(=O)Nc1ccc2c(c1)OCCO2. The van der Waals surface area contributed by atoms with Gasteiger partial charge in [-0.1, -0.05) is 0 Å². The summed E-state index contributed by atoms with van der Waals surface area (Å²) in [6, 6.07) is 8.13. The van der Waals surface area contributed by atoms with Crippen molar-refractivity contribution in [3.05, 3.63) is 48.3 Å². The van der Waals surface area contributed by atoms with E-state index >= 15 is 0 Å². The number of rotatable bonds is 4. The van der Waals surface area contributed by atoms with Crippen molar-refractivity contribution in [2.45, 2.75) is 13.0 Å². The minimum Gasteiger partial charge on any atom is -0.486 e. The van der Waals surface area contributed by atoms with Crippen LogP contribution in [0.15, 0.2) is 42.7 Å². The van der Waals surface area contributed by atoms with Crippen LogP contribution in [0.5, 0.6) is 11.5 Å². The Bertz CT molecular complexity index is 748. The maximum Gasteiger partial charge on any atom is 0.339 e. The van der Waals surface area contributed by atoms with E-state index < -0.39 is 18.0 Å². The second-order valence-corrected chi connectivity index (χ2v) is 5.13. The molecule has 0 saturated heterocycles. The topological polar surface area (TPSA) is 86.8 Å². The third kappa shape index (κ3) is 3.62. The largest absolute Gasteiger partial charge is 0.486 e. The monoisotopic (exact) mass is 328 g/mol. The Morgan fingerprint density at radius 1 is 1.12 bits per heavy atom. The summed E-state index contributed by atoms with van der Waals surface area (Å²) in [5.41, 5.74) is 0.875. The van der Waals surface area contributed by atoms with Gasteiger partial charge in [0, 0.05) is 24.1 Å². The molecule has 3 rings (SSSR count). The molecule has 24 heavy (non-hydrogen) atoms. The van der Waals surface area contributed by atoms with Gasteiger partial charge >= 0.3 is 5.97 Å². The maximum absolute atomic E-state index is 12.2. The van der Waals surface area contributed by atoms with Crippen molar-refractivity contribution in [1.82, 2.24) is 4.98 Å². The molecular weight excluding hydrogens is 312 g/mol. The summed E-state index contributed by atoms with van der Waals surface area (Å²) in [6.45, 7) is 2.47. The standard InChI is InChI=1S/C17H16N2O5/c1-11(24-17(21)12-4-6-18-7-5-12)16(20)19-13-2-3-14-15(10-13)23-9-8-22-14/h2-7,10-11H,8-9H2,1H3,(H,19,20). The van der Waals surface area contributed by atoms with Crippen LogP contribution in [0.4, 0.5) is 5.69 Å². The average molecular weight is 328 g/mol. The number of hydrogen-bond acceptors (Lipinski definition) is 6. The molecular formula is C17H16N2O5. The lowest BCUT2D eigenvalue weighted by Gasteiger charge is -2.19. The molecule has 0 aliphatic carbocycles. The van der Waals surface area contributed by atoms with Gasteiger partial charge in [0.15, 0.2) is 17.6 Å². The lowest BCUT2D eigenvalue weighted by atomic mass is 10.2. The van der Waals surface area contributed by atoms with Crippen LogP contribution in [0.25, 0.3) is 0 Å². The van der Waals surface area contributed by atoms with E-state index in [0.29, 0.717) is 36.0 Å². The predicted octanol–water partition coefficient (Wildman–Crippen LogP) is 2.04. The number of carbonyl (C=O) groups is 2. The predicted molar refractivity (Wildman–Crippen MR) is 85.2 cm³/mol. The Morgan fingerprint density at radius 2 is 1.83 bits per heavy atom. The number of nitrogens with zero attached hydrogens (tertiary/aromatic N) is 1. The Hall–Kier alpha value is -3.09. The number of esters is 1. The normalized spacial score (nSPS) is 13.7. The fraction of sp³-hybridized carbons (Fsp3) is 0.235. The Kier molecular flexibility index (Phi) is 4.60. The van der Waals surface area contributed by atoms with Crippen LogP contribution in [-0.4, -0.2) is 36.2 Å². The Balaban J connectivity index is 1.61. The van der Waals surface area contributed by atoms with Crippen LogP contribution < -0.4 is 14.8 Å². The van der Waals surface area contributed by atoms with Gasteiger partial charge in [0.1, 0.15) is 13.2 Å². The number of anilines is 1. The number of pyridine rings is 1. The molecule has 1 aliphatic heterocycles. The first-order valence-corrected chi connectivity index (χ1v) is 7.45. The quantitative estimate of drug-likeness (QED) is 0.864. The van der Waals surface area contributed by atoms with Gasteiger partial charge in [-0.15, -0.1) is 0 Å². The van der Waals surface area contributed by atoms with E-state index in [-0.39, 0.29) is 0 Å². The summed E-state index contributed by atoms with van der Waals surface area (Å²) in [5.74, 6) is 0.188. The van der Waals surface area contributed by atoms with Crippen molar-refractivity contribution in [2.75, 3.05) is 18.5 Å². The molecule has 2 aromatic rings. The second kappa shape index (κ2) is 6.99. The summed E-state index contributed by atoms with van der Waals surface area (Å²) in [6.07, 6.45) is 2.02. The summed E-state index contributed by atoms with van der Waals surface area (Å²) in [7, 11) is 0. The molecule has 1 aromatic heterocycles. The highest BCUT2D eigenvalue weighted by Gasteiger charge is 2.20. The Labute approximate surface area is 138 Å². The third-order valence-electron chi connectivity index (χ3n) is 3.38. The lowest BCUT2D eigenvalue weighted by molar-refractivity contribution is -0.123.